The van der Waals surface area contributed by atoms with Crippen molar-refractivity contribution < 1.29 is 33.1 Å². The van der Waals surface area contributed by atoms with Gasteiger partial charge >= 0.3 is 0 Å². The summed E-state index contributed by atoms with van der Waals surface area (Å²) < 4.78 is 31.7. The largest absolute Gasteiger partial charge is 0.393 e. The van der Waals surface area contributed by atoms with Gasteiger partial charge in [0.1, 0.15) is 0 Å². The van der Waals surface area contributed by atoms with Gasteiger partial charge in [-0.25, -0.2) is 0 Å². The van der Waals surface area contributed by atoms with Crippen LogP contribution in [0.4, 0.5) is 0 Å². The fourth-order valence-electron chi connectivity index (χ4n) is 9.62. The monoisotopic (exact) mass is 543 g/mol. The van der Waals surface area contributed by atoms with Crippen molar-refractivity contribution in [2.24, 2.45) is 46.3 Å². The van der Waals surface area contributed by atoms with E-state index in [0.29, 0.717) is 18.8 Å². The number of rotatable bonds is 7. The third-order valence-electron chi connectivity index (χ3n) is 11.4. The van der Waals surface area contributed by atoms with Crippen molar-refractivity contribution in [3.05, 3.63) is 0 Å². The minimum Gasteiger partial charge on any atom is -0.393 e. The van der Waals surface area contributed by atoms with Gasteiger partial charge in [0.15, 0.2) is 0 Å². The van der Waals surface area contributed by atoms with Crippen LogP contribution < -0.4 is 5.32 Å². The van der Waals surface area contributed by atoms with Crippen molar-refractivity contribution in [1.29, 1.82) is 0 Å². The summed E-state index contributed by atoms with van der Waals surface area (Å²) in [6, 6.07) is 0. The van der Waals surface area contributed by atoms with Gasteiger partial charge in [0.25, 0.3) is 10.1 Å². The number of hydrogen-bond acceptors (Lipinski definition) is 6. The second-order valence-electron chi connectivity index (χ2n) is 14.2. The molecule has 0 radical (unpaired) electrons. The SMILES string of the molecule is CC(CCC(=O)NC(C)(C)CS(=O)(=O)O)C1CCC2C3C(O)CC4CC(O)CCC4(C)C3CC(O)C12C. The molecule has 214 valence electrons. The van der Waals surface area contributed by atoms with Gasteiger partial charge in [-0.2, -0.15) is 8.42 Å². The van der Waals surface area contributed by atoms with E-state index in [-0.39, 0.29) is 58.9 Å². The van der Waals surface area contributed by atoms with Gasteiger partial charge < -0.3 is 20.6 Å². The van der Waals surface area contributed by atoms with Crippen LogP contribution in [-0.4, -0.2) is 63.8 Å². The topological polar surface area (TPSA) is 144 Å². The molecule has 0 saturated heterocycles. The minimum absolute atomic E-state index is 0.0437. The van der Waals surface area contributed by atoms with Crippen molar-refractivity contribution in [2.75, 3.05) is 5.75 Å². The zero-order chi connectivity index (χ0) is 27.6. The maximum Gasteiger partial charge on any atom is 0.267 e. The van der Waals surface area contributed by atoms with Gasteiger partial charge in [0.2, 0.25) is 5.91 Å². The van der Waals surface area contributed by atoms with Crippen molar-refractivity contribution in [3.63, 3.8) is 0 Å². The molecule has 0 aromatic rings. The summed E-state index contributed by atoms with van der Waals surface area (Å²) in [6.45, 7) is 9.83. The maximum absolute atomic E-state index is 12.6. The average Bonchev–Trinajstić information content (AvgIpc) is 3.10. The second-order valence-corrected chi connectivity index (χ2v) is 15.7. The number of carbonyl (C=O) groups excluding carboxylic acids is 1. The fourth-order valence-corrected chi connectivity index (χ4v) is 10.6. The number of fused-ring (bicyclic) bond motifs is 5. The molecule has 1 amide bonds. The third kappa shape index (κ3) is 5.49. The summed E-state index contributed by atoms with van der Waals surface area (Å²) in [5.74, 6) is 0.575. The van der Waals surface area contributed by atoms with E-state index in [0.717, 1.165) is 38.5 Å². The van der Waals surface area contributed by atoms with E-state index in [9.17, 15) is 28.5 Å². The third-order valence-corrected chi connectivity index (χ3v) is 12.5. The van der Waals surface area contributed by atoms with Crippen LogP contribution in [0.15, 0.2) is 0 Å². The quantitative estimate of drug-likeness (QED) is 0.310. The molecule has 11 unspecified atom stereocenters. The molecule has 0 bridgehead atoms. The Labute approximate surface area is 222 Å². The van der Waals surface area contributed by atoms with Crippen LogP contribution in [-0.2, 0) is 14.9 Å². The van der Waals surface area contributed by atoms with E-state index >= 15 is 0 Å². The Morgan fingerprint density at radius 3 is 2.38 bits per heavy atom. The predicted octanol–water partition coefficient (Wildman–Crippen LogP) is 3.15. The molecule has 4 aliphatic rings. The van der Waals surface area contributed by atoms with Crippen LogP contribution in [0.5, 0.6) is 0 Å². The van der Waals surface area contributed by atoms with Crippen LogP contribution in [0.25, 0.3) is 0 Å². The fraction of sp³-hybridized carbons (Fsp3) is 0.964. The molecule has 4 fully saturated rings. The zero-order valence-corrected chi connectivity index (χ0v) is 24.0. The summed E-state index contributed by atoms with van der Waals surface area (Å²) in [4.78, 5) is 12.6. The van der Waals surface area contributed by atoms with E-state index in [1.54, 1.807) is 13.8 Å². The summed E-state index contributed by atoms with van der Waals surface area (Å²) in [6.07, 6.45) is 5.57. The van der Waals surface area contributed by atoms with E-state index in [4.69, 9.17) is 4.55 Å². The Morgan fingerprint density at radius 1 is 1.05 bits per heavy atom. The number of hydrogen-bond donors (Lipinski definition) is 5. The highest BCUT2D eigenvalue weighted by atomic mass is 32.2. The Morgan fingerprint density at radius 2 is 1.73 bits per heavy atom. The predicted molar refractivity (Wildman–Crippen MR) is 141 cm³/mol. The van der Waals surface area contributed by atoms with Crippen molar-refractivity contribution >= 4 is 16.0 Å². The first-order valence-corrected chi connectivity index (χ1v) is 15.9. The highest BCUT2D eigenvalue weighted by molar-refractivity contribution is 7.85. The smallest absolute Gasteiger partial charge is 0.267 e. The van der Waals surface area contributed by atoms with Crippen LogP contribution in [0.3, 0.4) is 0 Å². The molecular formula is C28H49NO7S. The van der Waals surface area contributed by atoms with Crippen LogP contribution in [0.1, 0.15) is 92.4 Å². The Bertz CT molecular complexity index is 970. The maximum atomic E-state index is 12.6. The molecule has 8 nitrogen and oxygen atoms in total. The lowest BCUT2D eigenvalue weighted by molar-refractivity contribution is -0.207. The highest BCUT2D eigenvalue weighted by Gasteiger charge is 2.65. The lowest BCUT2D eigenvalue weighted by atomic mass is 9.43. The Hall–Kier alpha value is -0.740. The first-order chi connectivity index (χ1) is 17.0. The van der Waals surface area contributed by atoms with Gasteiger partial charge in [0, 0.05) is 6.42 Å². The minimum atomic E-state index is -4.20. The van der Waals surface area contributed by atoms with E-state index in [1.165, 1.54) is 0 Å². The Kier molecular flexibility index (Phi) is 7.92. The Balaban J connectivity index is 1.44. The summed E-state index contributed by atoms with van der Waals surface area (Å²) in [5, 5.41) is 36.1. The normalized spacial score (nSPS) is 44.9. The molecule has 5 N–H and O–H groups in total. The zero-order valence-electron chi connectivity index (χ0n) is 23.2. The number of aliphatic hydroxyl groups excluding tert-OH is 3. The second kappa shape index (κ2) is 10.0. The molecule has 11 atom stereocenters. The molecule has 0 heterocycles. The van der Waals surface area contributed by atoms with Gasteiger partial charge in [0.05, 0.1) is 29.6 Å². The van der Waals surface area contributed by atoms with Crippen molar-refractivity contribution in [1.82, 2.24) is 5.32 Å². The average molecular weight is 544 g/mol. The van der Waals surface area contributed by atoms with E-state index < -0.39 is 33.6 Å². The number of nitrogens with one attached hydrogen (secondary N) is 1. The van der Waals surface area contributed by atoms with Crippen molar-refractivity contribution in [2.45, 2.75) is 116 Å². The standard InChI is InChI=1S/C28H49NO7S/c1-16(6-9-24(33)29-26(2,3)15-37(34,35)36)19-7-8-20-25-21(14-23(32)28(19,20)5)27(4)11-10-18(30)12-17(27)13-22(25)31/h16-23,25,30-32H,6-15H2,1-5H3,(H,29,33)(H,34,35,36). The van der Waals surface area contributed by atoms with Gasteiger partial charge in [-0.3, -0.25) is 9.35 Å². The van der Waals surface area contributed by atoms with Crippen molar-refractivity contribution in [3.8, 4) is 0 Å². The highest BCUT2D eigenvalue weighted by Crippen LogP contribution is 2.68. The molecule has 4 rings (SSSR count). The molecule has 0 aromatic heterocycles. The molecule has 37 heavy (non-hydrogen) atoms. The molecule has 0 aromatic carbocycles. The lowest BCUT2D eigenvalue weighted by Gasteiger charge is -2.63. The summed E-state index contributed by atoms with van der Waals surface area (Å²) in [5.41, 5.74) is -1.34. The van der Waals surface area contributed by atoms with Crippen LogP contribution in [0.2, 0.25) is 0 Å². The van der Waals surface area contributed by atoms with Gasteiger partial charge in [-0.1, -0.05) is 20.8 Å². The molecule has 9 heteroatoms. The first kappa shape index (κ1) is 29.2. The molecular weight excluding hydrogens is 494 g/mol. The first-order valence-electron chi connectivity index (χ1n) is 14.3. The molecule has 0 spiro atoms. The summed E-state index contributed by atoms with van der Waals surface area (Å²) >= 11 is 0. The number of aliphatic hydroxyl groups is 3. The number of amides is 1. The van der Waals surface area contributed by atoms with Crippen LogP contribution in [0, 0.1) is 46.3 Å². The van der Waals surface area contributed by atoms with E-state index in [1.807, 2.05) is 0 Å². The summed E-state index contributed by atoms with van der Waals surface area (Å²) in [7, 11) is -4.20. The van der Waals surface area contributed by atoms with Crippen LogP contribution >= 0.6 is 0 Å². The lowest BCUT2D eigenvalue weighted by Crippen LogP contribution is -2.62. The molecule has 4 aliphatic carbocycles. The number of carbonyl (C=O) groups is 1. The van der Waals surface area contributed by atoms with Gasteiger partial charge in [-0.15, -0.1) is 0 Å². The molecule has 4 saturated carbocycles. The van der Waals surface area contributed by atoms with E-state index in [2.05, 4.69) is 26.1 Å². The van der Waals surface area contributed by atoms with Gasteiger partial charge in [-0.05, 0) is 112 Å². The molecule has 0 aliphatic heterocycles.